The lowest BCUT2D eigenvalue weighted by Gasteiger charge is -2.33. The molecule has 1 fully saturated rings. The van der Waals surface area contributed by atoms with Crippen LogP contribution in [0.3, 0.4) is 0 Å². The van der Waals surface area contributed by atoms with Crippen molar-refractivity contribution in [3.63, 3.8) is 0 Å². The summed E-state index contributed by atoms with van der Waals surface area (Å²) in [4.78, 5) is 14.2. The lowest BCUT2D eigenvalue weighted by atomic mass is 10.0. The zero-order valence-electron chi connectivity index (χ0n) is 16.0. The molecule has 1 amide bonds. The van der Waals surface area contributed by atoms with Crippen molar-refractivity contribution >= 4 is 27.3 Å². The fourth-order valence-electron chi connectivity index (χ4n) is 3.09. The van der Waals surface area contributed by atoms with E-state index in [1.165, 1.54) is 22.1 Å². The van der Waals surface area contributed by atoms with E-state index in [0.29, 0.717) is 42.9 Å². The van der Waals surface area contributed by atoms with Crippen molar-refractivity contribution in [2.24, 2.45) is 5.92 Å². The lowest BCUT2D eigenvalue weighted by molar-refractivity contribution is -0.123. The van der Waals surface area contributed by atoms with Crippen LogP contribution in [-0.2, 0) is 14.8 Å². The summed E-state index contributed by atoms with van der Waals surface area (Å²) in [6.07, 6.45) is 3.30. The highest BCUT2D eigenvalue weighted by atomic mass is 32.2. The number of piperazine rings is 1. The first-order valence-electron chi connectivity index (χ1n) is 9.34. The number of sulfonamides is 1. The summed E-state index contributed by atoms with van der Waals surface area (Å²) in [5.41, 5.74) is 0. The van der Waals surface area contributed by atoms with Gasteiger partial charge in [-0.15, -0.1) is 11.3 Å². The number of carbonyl (C=O) groups excluding carboxylic acids is 1. The average molecular weight is 402 g/mol. The monoisotopic (exact) mass is 401 g/mol. The van der Waals surface area contributed by atoms with Crippen LogP contribution in [0.5, 0.6) is 0 Å². The number of amides is 1. The average Bonchev–Trinajstić information content (AvgIpc) is 3.10. The van der Waals surface area contributed by atoms with Gasteiger partial charge in [0.1, 0.15) is 4.21 Å². The number of hydrogen-bond donors (Lipinski definition) is 1. The van der Waals surface area contributed by atoms with Gasteiger partial charge >= 0.3 is 0 Å². The molecule has 0 spiro atoms. The Morgan fingerprint density at radius 3 is 2.46 bits per heavy atom. The SMILES string of the molecule is CC(C)CCC[C@H](C)NC(=O)CN1CCN(S(=O)(=O)c2cccs2)CC1. The summed E-state index contributed by atoms with van der Waals surface area (Å²) in [5.74, 6) is 0.719. The molecule has 148 valence electrons. The van der Waals surface area contributed by atoms with Gasteiger partial charge in [0, 0.05) is 32.2 Å². The Kier molecular flexibility index (Phi) is 8.06. The summed E-state index contributed by atoms with van der Waals surface area (Å²) in [6.45, 7) is 8.82. The van der Waals surface area contributed by atoms with Crippen molar-refractivity contribution in [1.29, 1.82) is 0 Å². The zero-order valence-corrected chi connectivity index (χ0v) is 17.6. The number of nitrogens with one attached hydrogen (secondary N) is 1. The van der Waals surface area contributed by atoms with E-state index < -0.39 is 10.0 Å². The first kappa shape index (κ1) is 21.3. The van der Waals surface area contributed by atoms with Gasteiger partial charge in [-0.05, 0) is 30.7 Å². The Balaban J connectivity index is 1.72. The molecular formula is C18H31N3O3S2. The van der Waals surface area contributed by atoms with Gasteiger partial charge in [0.2, 0.25) is 5.91 Å². The Bertz CT molecular complexity index is 651. The molecule has 8 heteroatoms. The molecule has 0 aromatic carbocycles. The first-order valence-corrected chi connectivity index (χ1v) is 11.7. The number of nitrogens with zero attached hydrogens (tertiary/aromatic N) is 2. The Hall–Kier alpha value is -0.960. The standard InChI is InChI=1S/C18H31N3O3S2/c1-15(2)6-4-7-16(3)19-17(22)14-20-9-11-21(12-10-20)26(23,24)18-8-5-13-25-18/h5,8,13,15-16H,4,6-7,9-12,14H2,1-3H3,(H,19,22)/t16-/m0/s1. The van der Waals surface area contributed by atoms with Crippen LogP contribution in [-0.4, -0.2) is 62.3 Å². The molecule has 1 aromatic rings. The molecule has 1 aromatic heterocycles. The molecule has 1 aliphatic rings. The van der Waals surface area contributed by atoms with Gasteiger partial charge in [0.15, 0.2) is 0 Å². The number of hydrogen-bond acceptors (Lipinski definition) is 5. The largest absolute Gasteiger partial charge is 0.353 e. The summed E-state index contributed by atoms with van der Waals surface area (Å²) in [7, 11) is -3.38. The molecule has 26 heavy (non-hydrogen) atoms. The van der Waals surface area contributed by atoms with Crippen molar-refractivity contribution in [2.45, 2.75) is 50.3 Å². The van der Waals surface area contributed by atoms with Crippen LogP contribution < -0.4 is 5.32 Å². The highest BCUT2D eigenvalue weighted by Gasteiger charge is 2.29. The molecule has 2 rings (SSSR count). The molecule has 1 aliphatic heterocycles. The van der Waals surface area contributed by atoms with Crippen LogP contribution in [0.1, 0.15) is 40.0 Å². The van der Waals surface area contributed by atoms with Gasteiger partial charge < -0.3 is 5.32 Å². The third kappa shape index (κ3) is 6.33. The van der Waals surface area contributed by atoms with E-state index in [0.717, 1.165) is 12.8 Å². The summed E-state index contributed by atoms with van der Waals surface area (Å²) in [6, 6.07) is 3.57. The van der Waals surface area contributed by atoms with E-state index in [-0.39, 0.29) is 11.9 Å². The van der Waals surface area contributed by atoms with Crippen LogP contribution in [0.2, 0.25) is 0 Å². The second-order valence-corrected chi connectivity index (χ2v) is 10.5. The number of rotatable bonds is 9. The van der Waals surface area contributed by atoms with E-state index in [9.17, 15) is 13.2 Å². The molecule has 1 N–H and O–H groups in total. The molecule has 0 aliphatic carbocycles. The molecule has 0 radical (unpaired) electrons. The fraction of sp³-hybridized carbons (Fsp3) is 0.722. The molecule has 6 nitrogen and oxygen atoms in total. The number of thiophene rings is 1. The van der Waals surface area contributed by atoms with Crippen molar-refractivity contribution in [3.05, 3.63) is 17.5 Å². The van der Waals surface area contributed by atoms with Gasteiger partial charge in [-0.2, -0.15) is 4.31 Å². The molecule has 1 saturated heterocycles. The maximum absolute atomic E-state index is 12.5. The van der Waals surface area contributed by atoms with Gasteiger partial charge in [0.05, 0.1) is 6.54 Å². The van der Waals surface area contributed by atoms with Gasteiger partial charge in [-0.3, -0.25) is 9.69 Å². The Morgan fingerprint density at radius 2 is 1.88 bits per heavy atom. The van der Waals surface area contributed by atoms with Crippen LogP contribution in [0.25, 0.3) is 0 Å². The predicted octanol–water partition coefficient (Wildman–Crippen LogP) is 2.39. The maximum Gasteiger partial charge on any atom is 0.252 e. The van der Waals surface area contributed by atoms with Crippen LogP contribution in [0, 0.1) is 5.92 Å². The van der Waals surface area contributed by atoms with Gasteiger partial charge in [-0.1, -0.05) is 32.8 Å². The van der Waals surface area contributed by atoms with Crippen molar-refractivity contribution < 1.29 is 13.2 Å². The van der Waals surface area contributed by atoms with E-state index >= 15 is 0 Å². The van der Waals surface area contributed by atoms with Crippen LogP contribution >= 0.6 is 11.3 Å². The predicted molar refractivity (Wildman–Crippen MR) is 106 cm³/mol. The van der Waals surface area contributed by atoms with Crippen molar-refractivity contribution in [2.75, 3.05) is 32.7 Å². The minimum absolute atomic E-state index is 0.0246. The minimum atomic E-state index is -3.38. The highest BCUT2D eigenvalue weighted by molar-refractivity contribution is 7.91. The van der Waals surface area contributed by atoms with E-state index in [1.807, 2.05) is 11.8 Å². The molecule has 1 atom stereocenters. The first-order chi connectivity index (χ1) is 12.3. The normalized spacial score (nSPS) is 18.2. The zero-order chi connectivity index (χ0) is 19.2. The Labute approximate surface area is 161 Å². The molecule has 2 heterocycles. The fourth-order valence-corrected chi connectivity index (χ4v) is 5.66. The van der Waals surface area contributed by atoms with Crippen molar-refractivity contribution in [1.82, 2.24) is 14.5 Å². The molecule has 0 bridgehead atoms. The summed E-state index contributed by atoms with van der Waals surface area (Å²) < 4.78 is 26.9. The van der Waals surface area contributed by atoms with E-state index in [1.54, 1.807) is 17.5 Å². The van der Waals surface area contributed by atoms with Crippen LogP contribution in [0.4, 0.5) is 0 Å². The topological polar surface area (TPSA) is 69.7 Å². The molecular weight excluding hydrogens is 370 g/mol. The summed E-state index contributed by atoms with van der Waals surface area (Å²) >= 11 is 1.24. The van der Waals surface area contributed by atoms with Crippen LogP contribution in [0.15, 0.2) is 21.7 Å². The second kappa shape index (κ2) is 9.82. The lowest BCUT2D eigenvalue weighted by Crippen LogP contribution is -2.51. The highest BCUT2D eigenvalue weighted by Crippen LogP contribution is 2.21. The molecule has 0 unspecified atom stereocenters. The maximum atomic E-state index is 12.5. The molecule has 0 saturated carbocycles. The van der Waals surface area contributed by atoms with E-state index in [4.69, 9.17) is 0 Å². The summed E-state index contributed by atoms with van der Waals surface area (Å²) in [5, 5.41) is 4.83. The quantitative estimate of drug-likeness (QED) is 0.690. The van der Waals surface area contributed by atoms with E-state index in [2.05, 4.69) is 19.2 Å². The third-order valence-corrected chi connectivity index (χ3v) is 7.89. The van der Waals surface area contributed by atoms with Crippen molar-refractivity contribution in [3.8, 4) is 0 Å². The smallest absolute Gasteiger partial charge is 0.252 e. The van der Waals surface area contributed by atoms with Gasteiger partial charge in [0.25, 0.3) is 10.0 Å². The minimum Gasteiger partial charge on any atom is -0.353 e. The van der Waals surface area contributed by atoms with Gasteiger partial charge in [-0.25, -0.2) is 8.42 Å². The second-order valence-electron chi connectivity index (χ2n) is 7.41. The number of carbonyl (C=O) groups is 1. The Morgan fingerprint density at radius 1 is 1.19 bits per heavy atom. The third-order valence-electron chi connectivity index (χ3n) is 4.61.